The summed E-state index contributed by atoms with van der Waals surface area (Å²) in [5.74, 6) is 0.584. The number of carbonyl (C=O) groups is 2. The number of nitrogens with zero attached hydrogens (tertiary/aromatic N) is 6. The van der Waals surface area contributed by atoms with Crippen molar-refractivity contribution < 1.29 is 14.3 Å². The van der Waals surface area contributed by atoms with E-state index in [2.05, 4.69) is 35.5 Å². The van der Waals surface area contributed by atoms with Gasteiger partial charge in [-0.3, -0.25) is 19.7 Å². The van der Waals surface area contributed by atoms with Gasteiger partial charge in [0.25, 0.3) is 0 Å². The van der Waals surface area contributed by atoms with Gasteiger partial charge in [-0.15, -0.1) is 0 Å². The molecule has 1 atom stereocenters. The molecule has 1 unspecified atom stereocenters. The summed E-state index contributed by atoms with van der Waals surface area (Å²) in [6, 6.07) is 5.61. The minimum absolute atomic E-state index is 0.0288. The SMILES string of the molecule is CCC(=O)Nc1ccc(-c2cnc3n[nH]c(-c4nc5c([nH]4)C(C(=O)N4CCOCC4)CN=C5)c3c2)cn1. The normalized spacial score (nSPS) is 17.1. The number of imidazole rings is 1. The van der Waals surface area contributed by atoms with Crippen LogP contribution < -0.4 is 5.32 Å². The minimum atomic E-state index is -0.417. The zero-order valence-electron chi connectivity index (χ0n) is 20.2. The first-order chi connectivity index (χ1) is 18.1. The molecule has 1 saturated heterocycles. The first kappa shape index (κ1) is 23.0. The maximum atomic E-state index is 13.2. The number of aromatic amines is 2. The highest BCUT2D eigenvalue weighted by atomic mass is 16.5. The van der Waals surface area contributed by atoms with E-state index in [1.54, 1.807) is 31.6 Å². The van der Waals surface area contributed by atoms with Crippen LogP contribution in [0.4, 0.5) is 5.82 Å². The van der Waals surface area contributed by atoms with Gasteiger partial charge in [0, 0.05) is 49.2 Å². The fourth-order valence-electron chi connectivity index (χ4n) is 4.53. The van der Waals surface area contributed by atoms with Crippen LogP contribution in [0.5, 0.6) is 0 Å². The Balaban J connectivity index is 1.31. The second-order valence-corrected chi connectivity index (χ2v) is 8.90. The van der Waals surface area contributed by atoms with Gasteiger partial charge in [-0.05, 0) is 18.2 Å². The van der Waals surface area contributed by atoms with Crippen molar-refractivity contribution in [1.29, 1.82) is 0 Å². The van der Waals surface area contributed by atoms with Crippen LogP contribution in [0.1, 0.15) is 30.7 Å². The number of fused-ring (bicyclic) bond motifs is 2. The molecule has 37 heavy (non-hydrogen) atoms. The molecule has 0 spiro atoms. The second kappa shape index (κ2) is 9.54. The molecule has 0 aliphatic carbocycles. The van der Waals surface area contributed by atoms with Gasteiger partial charge in [0.15, 0.2) is 11.5 Å². The smallest absolute Gasteiger partial charge is 0.233 e. The number of hydrogen-bond donors (Lipinski definition) is 3. The van der Waals surface area contributed by atoms with Crippen LogP contribution in [-0.2, 0) is 14.3 Å². The zero-order chi connectivity index (χ0) is 25.4. The van der Waals surface area contributed by atoms with Gasteiger partial charge >= 0.3 is 0 Å². The van der Waals surface area contributed by atoms with Gasteiger partial charge in [-0.25, -0.2) is 15.0 Å². The molecule has 0 saturated carbocycles. The van der Waals surface area contributed by atoms with Crippen molar-refractivity contribution in [3.8, 4) is 22.6 Å². The summed E-state index contributed by atoms with van der Waals surface area (Å²) in [6.07, 6.45) is 5.51. The molecule has 12 nitrogen and oxygen atoms in total. The third-order valence-electron chi connectivity index (χ3n) is 6.56. The molecule has 2 aliphatic rings. The van der Waals surface area contributed by atoms with E-state index in [1.807, 2.05) is 17.0 Å². The highest BCUT2D eigenvalue weighted by Crippen LogP contribution is 2.31. The molecule has 0 bridgehead atoms. The second-order valence-electron chi connectivity index (χ2n) is 8.90. The van der Waals surface area contributed by atoms with Crippen molar-refractivity contribution in [2.75, 3.05) is 38.2 Å². The van der Waals surface area contributed by atoms with E-state index >= 15 is 0 Å². The van der Waals surface area contributed by atoms with Crippen molar-refractivity contribution in [3.05, 3.63) is 42.0 Å². The number of ether oxygens (including phenoxy) is 1. The molecule has 6 rings (SSSR count). The number of amides is 2. The Morgan fingerprint density at radius 1 is 1.16 bits per heavy atom. The number of aliphatic imine (C=N–C) groups is 1. The Morgan fingerprint density at radius 2 is 2.00 bits per heavy atom. The van der Waals surface area contributed by atoms with Gasteiger partial charge < -0.3 is 19.9 Å². The number of morpholine rings is 1. The average molecular weight is 500 g/mol. The molecular formula is C25H25N9O3. The molecule has 2 amide bonds. The molecule has 3 N–H and O–H groups in total. The molecular weight excluding hydrogens is 474 g/mol. The molecule has 0 aromatic carbocycles. The summed E-state index contributed by atoms with van der Waals surface area (Å²) in [5.41, 5.74) is 4.30. The summed E-state index contributed by atoms with van der Waals surface area (Å²) in [7, 11) is 0. The van der Waals surface area contributed by atoms with Crippen molar-refractivity contribution in [2.45, 2.75) is 19.3 Å². The Hall–Kier alpha value is -4.45. The lowest BCUT2D eigenvalue weighted by molar-refractivity contribution is -0.136. The van der Waals surface area contributed by atoms with Gasteiger partial charge in [-0.1, -0.05) is 6.92 Å². The van der Waals surface area contributed by atoms with Crippen molar-refractivity contribution in [2.24, 2.45) is 4.99 Å². The Labute approximate surface area is 211 Å². The third kappa shape index (κ3) is 4.35. The van der Waals surface area contributed by atoms with Crippen LogP contribution in [0.3, 0.4) is 0 Å². The van der Waals surface area contributed by atoms with Crippen LogP contribution in [0.2, 0.25) is 0 Å². The largest absolute Gasteiger partial charge is 0.378 e. The van der Waals surface area contributed by atoms with Gasteiger partial charge in [0.2, 0.25) is 11.8 Å². The predicted octanol–water partition coefficient (Wildman–Crippen LogP) is 2.13. The maximum Gasteiger partial charge on any atom is 0.233 e. The van der Waals surface area contributed by atoms with E-state index in [0.29, 0.717) is 67.9 Å². The van der Waals surface area contributed by atoms with Crippen LogP contribution in [0.15, 0.2) is 35.6 Å². The van der Waals surface area contributed by atoms with E-state index < -0.39 is 5.92 Å². The van der Waals surface area contributed by atoms with Gasteiger partial charge in [0.05, 0.1) is 36.8 Å². The maximum absolute atomic E-state index is 13.2. The van der Waals surface area contributed by atoms with Crippen molar-refractivity contribution in [3.63, 3.8) is 0 Å². The lowest BCUT2D eigenvalue weighted by Gasteiger charge is -2.30. The van der Waals surface area contributed by atoms with Crippen molar-refractivity contribution in [1.82, 2.24) is 35.0 Å². The van der Waals surface area contributed by atoms with Crippen LogP contribution in [-0.4, -0.2) is 85.9 Å². The predicted molar refractivity (Wildman–Crippen MR) is 136 cm³/mol. The average Bonchev–Trinajstić information content (AvgIpc) is 3.57. The summed E-state index contributed by atoms with van der Waals surface area (Å²) in [4.78, 5) is 48.0. The topological polar surface area (TPSA) is 154 Å². The fraction of sp³-hybridized carbons (Fsp3) is 0.320. The molecule has 2 aliphatic heterocycles. The quantitative estimate of drug-likeness (QED) is 0.380. The number of nitrogens with one attached hydrogen (secondary N) is 3. The first-order valence-corrected chi connectivity index (χ1v) is 12.2. The Kier molecular flexibility index (Phi) is 5.93. The van der Waals surface area contributed by atoms with Crippen molar-refractivity contribution >= 4 is 34.9 Å². The van der Waals surface area contributed by atoms with Crippen LogP contribution >= 0.6 is 0 Å². The summed E-state index contributed by atoms with van der Waals surface area (Å²) in [5, 5.41) is 10.9. The monoisotopic (exact) mass is 499 g/mol. The zero-order valence-corrected chi connectivity index (χ0v) is 20.2. The van der Waals surface area contributed by atoms with Crippen LogP contribution in [0.25, 0.3) is 33.7 Å². The molecule has 4 aromatic heterocycles. The molecule has 6 heterocycles. The van der Waals surface area contributed by atoms with Gasteiger partial charge in [0.1, 0.15) is 17.2 Å². The number of H-pyrrole nitrogens is 2. The Bertz CT molecular complexity index is 1500. The van der Waals surface area contributed by atoms with Crippen LogP contribution in [0, 0.1) is 0 Å². The molecule has 188 valence electrons. The summed E-state index contributed by atoms with van der Waals surface area (Å²) < 4.78 is 5.39. The number of hydrogen-bond acceptors (Lipinski definition) is 8. The van der Waals surface area contributed by atoms with Gasteiger partial charge in [-0.2, -0.15) is 5.10 Å². The molecule has 1 fully saturated rings. The number of carbonyl (C=O) groups excluding carboxylic acids is 2. The number of pyridine rings is 2. The summed E-state index contributed by atoms with van der Waals surface area (Å²) >= 11 is 0. The number of rotatable bonds is 5. The third-order valence-corrected chi connectivity index (χ3v) is 6.56. The lowest BCUT2D eigenvalue weighted by Crippen LogP contribution is -2.44. The molecule has 4 aromatic rings. The van der Waals surface area contributed by atoms with E-state index in [-0.39, 0.29) is 11.8 Å². The Morgan fingerprint density at radius 3 is 2.78 bits per heavy atom. The summed E-state index contributed by atoms with van der Waals surface area (Å²) in [6.45, 7) is 4.42. The van der Waals surface area contributed by atoms with E-state index in [4.69, 9.17) is 9.72 Å². The highest BCUT2D eigenvalue weighted by Gasteiger charge is 2.33. The fourth-order valence-corrected chi connectivity index (χ4v) is 4.53. The first-order valence-electron chi connectivity index (χ1n) is 12.2. The molecule has 0 radical (unpaired) electrons. The number of aromatic nitrogens is 6. The highest BCUT2D eigenvalue weighted by molar-refractivity contribution is 5.94. The minimum Gasteiger partial charge on any atom is -0.378 e. The number of anilines is 1. The van der Waals surface area contributed by atoms with E-state index in [1.165, 1.54) is 0 Å². The lowest BCUT2D eigenvalue weighted by atomic mass is 10.00. The standard InChI is InChI=1S/C25H25N9O3/c1-2-20(35)30-19-4-3-14(10-27-19)15-9-16-22(32-33-23(16)28-11-15)24-29-18-13-26-12-17(21(18)31-24)25(36)34-5-7-37-8-6-34/h3-4,9-11,13,17H,2,5-8,12H2,1H3,(H,29,31)(H,27,30,35)(H,28,32,33). The van der Waals surface area contributed by atoms with E-state index in [0.717, 1.165) is 22.2 Å². The molecule has 12 heteroatoms. The van der Waals surface area contributed by atoms with E-state index in [9.17, 15) is 9.59 Å².